The molecule has 0 unspecified atom stereocenters. The monoisotopic (exact) mass is 492 g/mol. The van der Waals surface area contributed by atoms with E-state index < -0.39 is 5.91 Å². The van der Waals surface area contributed by atoms with E-state index in [2.05, 4.69) is 47.3 Å². The summed E-state index contributed by atoms with van der Waals surface area (Å²) in [4.78, 5) is 25.9. The highest BCUT2D eigenvalue weighted by atomic mass is 79.9. The molecular formula is C26H25BrN2O3. The van der Waals surface area contributed by atoms with Crippen molar-refractivity contribution in [3.05, 3.63) is 99.7 Å². The molecule has 0 aromatic heterocycles. The lowest BCUT2D eigenvalue weighted by atomic mass is 9.87. The van der Waals surface area contributed by atoms with Gasteiger partial charge in [-0.25, -0.2) is 0 Å². The van der Waals surface area contributed by atoms with Gasteiger partial charge >= 0.3 is 0 Å². The van der Waals surface area contributed by atoms with Gasteiger partial charge in [0, 0.05) is 21.8 Å². The molecule has 0 bridgehead atoms. The number of hydrogen-bond donors (Lipinski definition) is 3. The zero-order valence-electron chi connectivity index (χ0n) is 18.1. The molecule has 164 valence electrons. The maximum absolute atomic E-state index is 13.0. The average Bonchev–Trinajstić information content (AvgIpc) is 2.74. The van der Waals surface area contributed by atoms with Crippen LogP contribution in [0.3, 0.4) is 0 Å². The van der Waals surface area contributed by atoms with Crippen LogP contribution in [0, 0.1) is 0 Å². The number of phenols is 1. The highest BCUT2D eigenvalue weighted by Crippen LogP contribution is 2.22. The van der Waals surface area contributed by atoms with Crippen molar-refractivity contribution in [3.63, 3.8) is 0 Å². The molecule has 0 saturated heterocycles. The Morgan fingerprint density at radius 2 is 1.59 bits per heavy atom. The standard InChI is InChI=1S/C26H25BrN2O3/c1-26(2,3)19-11-9-18(10-12-19)24(31)29-23(15-17-7-13-20(27)14-8-17)25(32)28-21-5-4-6-22(30)16-21/h4-16,30H,1-3H3,(H,28,32)(H,29,31)/b23-15+. The Hall–Kier alpha value is -3.38. The summed E-state index contributed by atoms with van der Waals surface area (Å²) >= 11 is 3.39. The van der Waals surface area contributed by atoms with Gasteiger partial charge in [-0.2, -0.15) is 0 Å². The van der Waals surface area contributed by atoms with Crippen molar-refractivity contribution >= 4 is 39.5 Å². The van der Waals surface area contributed by atoms with E-state index in [1.54, 1.807) is 30.3 Å². The molecule has 3 aromatic carbocycles. The van der Waals surface area contributed by atoms with Crippen LogP contribution in [0.5, 0.6) is 5.75 Å². The summed E-state index contributed by atoms with van der Waals surface area (Å²) in [6.07, 6.45) is 1.60. The second-order valence-corrected chi connectivity index (χ2v) is 9.31. The topological polar surface area (TPSA) is 78.4 Å². The number of hydrogen-bond acceptors (Lipinski definition) is 3. The second-order valence-electron chi connectivity index (χ2n) is 8.40. The molecule has 0 aliphatic carbocycles. The van der Waals surface area contributed by atoms with Crippen LogP contribution >= 0.6 is 15.9 Å². The molecule has 0 spiro atoms. The van der Waals surface area contributed by atoms with Gasteiger partial charge in [0.05, 0.1) is 0 Å². The quantitative estimate of drug-likeness (QED) is 0.390. The molecule has 32 heavy (non-hydrogen) atoms. The molecule has 6 heteroatoms. The largest absolute Gasteiger partial charge is 0.508 e. The van der Waals surface area contributed by atoms with E-state index in [1.165, 1.54) is 12.1 Å². The summed E-state index contributed by atoms with van der Waals surface area (Å²) < 4.78 is 0.906. The minimum absolute atomic E-state index is 0.0250. The highest BCUT2D eigenvalue weighted by Gasteiger charge is 2.17. The second kappa shape index (κ2) is 9.83. The van der Waals surface area contributed by atoms with Crippen LogP contribution in [0.1, 0.15) is 42.3 Å². The van der Waals surface area contributed by atoms with Crippen LogP contribution in [-0.2, 0) is 10.2 Å². The van der Waals surface area contributed by atoms with Crippen LogP contribution in [0.25, 0.3) is 6.08 Å². The molecular weight excluding hydrogens is 468 g/mol. The van der Waals surface area contributed by atoms with Crippen molar-refractivity contribution in [1.82, 2.24) is 5.32 Å². The van der Waals surface area contributed by atoms with E-state index in [1.807, 2.05) is 36.4 Å². The molecule has 3 rings (SSSR count). The van der Waals surface area contributed by atoms with Gasteiger partial charge in [-0.15, -0.1) is 0 Å². The summed E-state index contributed by atoms with van der Waals surface area (Å²) in [5.74, 6) is -0.859. The molecule has 2 amide bonds. The Labute approximate surface area is 196 Å². The molecule has 0 saturated carbocycles. The van der Waals surface area contributed by atoms with Gasteiger partial charge in [-0.3, -0.25) is 9.59 Å². The number of phenolic OH excluding ortho intramolecular Hbond substituents is 1. The summed E-state index contributed by atoms with van der Waals surface area (Å²) in [5, 5.41) is 15.1. The lowest BCUT2D eigenvalue weighted by Gasteiger charge is -2.19. The number of halogens is 1. The summed E-state index contributed by atoms with van der Waals surface area (Å²) in [6.45, 7) is 6.31. The van der Waals surface area contributed by atoms with E-state index in [0.717, 1.165) is 15.6 Å². The van der Waals surface area contributed by atoms with Crippen LogP contribution < -0.4 is 10.6 Å². The van der Waals surface area contributed by atoms with Crippen molar-refractivity contribution in [2.45, 2.75) is 26.2 Å². The normalized spacial score (nSPS) is 11.7. The number of nitrogens with one attached hydrogen (secondary N) is 2. The predicted molar refractivity (Wildman–Crippen MR) is 131 cm³/mol. The fraction of sp³-hybridized carbons (Fsp3) is 0.154. The molecule has 3 aromatic rings. The number of carbonyl (C=O) groups excluding carboxylic acids is 2. The third-order valence-electron chi connectivity index (χ3n) is 4.79. The van der Waals surface area contributed by atoms with Gasteiger partial charge in [0.15, 0.2) is 0 Å². The van der Waals surface area contributed by atoms with Crippen molar-refractivity contribution in [3.8, 4) is 5.75 Å². The molecule has 5 nitrogen and oxygen atoms in total. The number of aromatic hydroxyl groups is 1. The number of amides is 2. The SMILES string of the molecule is CC(C)(C)c1ccc(C(=O)N/C(=C/c2ccc(Br)cc2)C(=O)Nc2cccc(O)c2)cc1. The minimum atomic E-state index is -0.502. The van der Waals surface area contributed by atoms with Crippen LogP contribution in [-0.4, -0.2) is 16.9 Å². The first-order valence-corrected chi connectivity index (χ1v) is 10.9. The first kappa shape index (κ1) is 23.3. The third-order valence-corrected chi connectivity index (χ3v) is 5.32. The maximum atomic E-state index is 13.0. The fourth-order valence-corrected chi connectivity index (χ4v) is 3.25. The summed E-state index contributed by atoms with van der Waals surface area (Å²) in [6, 6.07) is 20.9. The number of anilines is 1. The molecule has 0 aliphatic rings. The van der Waals surface area contributed by atoms with Gasteiger partial charge in [0.2, 0.25) is 0 Å². The van der Waals surface area contributed by atoms with Gasteiger partial charge in [0.25, 0.3) is 11.8 Å². The molecule has 0 aliphatic heterocycles. The first-order chi connectivity index (χ1) is 15.1. The number of benzene rings is 3. The fourth-order valence-electron chi connectivity index (χ4n) is 2.98. The smallest absolute Gasteiger partial charge is 0.272 e. The predicted octanol–water partition coefficient (Wildman–Crippen LogP) is 5.86. The van der Waals surface area contributed by atoms with Crippen molar-refractivity contribution < 1.29 is 14.7 Å². The van der Waals surface area contributed by atoms with Gasteiger partial charge < -0.3 is 15.7 Å². The van der Waals surface area contributed by atoms with Crippen molar-refractivity contribution in [2.75, 3.05) is 5.32 Å². The van der Waals surface area contributed by atoms with E-state index >= 15 is 0 Å². The van der Waals surface area contributed by atoms with Gasteiger partial charge in [-0.05, 0) is 59.0 Å². The zero-order valence-corrected chi connectivity index (χ0v) is 19.7. The Balaban J connectivity index is 1.87. The Morgan fingerprint density at radius 1 is 0.938 bits per heavy atom. The Kier molecular flexibility index (Phi) is 7.15. The van der Waals surface area contributed by atoms with Crippen molar-refractivity contribution in [2.24, 2.45) is 0 Å². The molecule has 0 heterocycles. The molecule has 0 atom stereocenters. The average molecular weight is 493 g/mol. The van der Waals surface area contributed by atoms with Crippen LogP contribution in [0.4, 0.5) is 5.69 Å². The van der Waals surface area contributed by atoms with E-state index in [0.29, 0.717) is 11.3 Å². The lowest BCUT2D eigenvalue weighted by molar-refractivity contribution is -0.113. The Bertz CT molecular complexity index is 1140. The maximum Gasteiger partial charge on any atom is 0.272 e. The number of carbonyl (C=O) groups is 2. The van der Waals surface area contributed by atoms with Crippen LogP contribution in [0.2, 0.25) is 0 Å². The molecule has 0 fully saturated rings. The van der Waals surface area contributed by atoms with E-state index in [-0.39, 0.29) is 22.8 Å². The minimum Gasteiger partial charge on any atom is -0.508 e. The summed E-state index contributed by atoms with van der Waals surface area (Å²) in [7, 11) is 0. The first-order valence-electron chi connectivity index (χ1n) is 10.1. The third kappa shape index (κ3) is 6.31. The van der Waals surface area contributed by atoms with Crippen molar-refractivity contribution in [1.29, 1.82) is 0 Å². The van der Waals surface area contributed by atoms with Crippen LogP contribution in [0.15, 0.2) is 83.0 Å². The van der Waals surface area contributed by atoms with Gasteiger partial charge in [-0.1, -0.05) is 67.0 Å². The molecule has 3 N–H and O–H groups in total. The molecule has 0 radical (unpaired) electrons. The van der Waals surface area contributed by atoms with Gasteiger partial charge in [0.1, 0.15) is 11.4 Å². The Morgan fingerprint density at radius 3 is 2.19 bits per heavy atom. The lowest BCUT2D eigenvalue weighted by Crippen LogP contribution is -2.30. The number of rotatable bonds is 5. The van der Waals surface area contributed by atoms with E-state index in [4.69, 9.17) is 0 Å². The zero-order chi connectivity index (χ0) is 23.3. The van der Waals surface area contributed by atoms with E-state index in [9.17, 15) is 14.7 Å². The summed E-state index contributed by atoms with van der Waals surface area (Å²) in [5.41, 5.74) is 2.79. The highest BCUT2D eigenvalue weighted by molar-refractivity contribution is 9.10.